The molecule has 1 amide bonds. The molecule has 1 aliphatic heterocycles. The number of likely N-dealkylation sites (tertiary alicyclic amines) is 1. The summed E-state index contributed by atoms with van der Waals surface area (Å²) >= 11 is 0. The third-order valence-electron chi connectivity index (χ3n) is 5.29. The van der Waals surface area contributed by atoms with Crippen LogP contribution in [-0.2, 0) is 0 Å². The van der Waals surface area contributed by atoms with Crippen LogP contribution in [0.3, 0.4) is 0 Å². The van der Waals surface area contributed by atoms with E-state index in [1.165, 1.54) is 15.8 Å². The maximum absolute atomic E-state index is 13.4. The van der Waals surface area contributed by atoms with Crippen molar-refractivity contribution in [2.45, 2.75) is 32.4 Å². The van der Waals surface area contributed by atoms with Crippen LogP contribution >= 0.6 is 0 Å². The molecule has 30 heavy (non-hydrogen) atoms. The van der Waals surface area contributed by atoms with Crippen molar-refractivity contribution < 1.29 is 22.4 Å². The topological polar surface area (TPSA) is 88.3 Å². The molecule has 0 bridgehead atoms. The van der Waals surface area contributed by atoms with Crippen molar-refractivity contribution >= 4 is 11.4 Å². The van der Waals surface area contributed by atoms with Gasteiger partial charge in [0.2, 0.25) is 5.95 Å². The van der Waals surface area contributed by atoms with Crippen LogP contribution in [0, 0.1) is 18.7 Å². The molecule has 3 aromatic heterocycles. The lowest BCUT2D eigenvalue weighted by atomic mass is 9.93. The van der Waals surface area contributed by atoms with E-state index < -0.39 is 29.9 Å². The van der Waals surface area contributed by atoms with Gasteiger partial charge in [0.25, 0.3) is 11.5 Å². The smallest absolute Gasteiger partial charge is 0.339 e. The molecule has 0 aliphatic carbocycles. The molecular weight excluding hydrogens is 408 g/mol. The molecule has 4 rings (SSSR count). The van der Waals surface area contributed by atoms with Crippen molar-refractivity contribution in [2.24, 2.45) is 5.92 Å². The number of nitrogens with zero attached hydrogens (tertiary/aromatic N) is 5. The molecule has 160 valence electrons. The van der Waals surface area contributed by atoms with E-state index in [9.17, 15) is 27.2 Å². The third-order valence-corrected chi connectivity index (χ3v) is 5.29. The fraction of sp³-hybridized carbons (Fsp3) is 0.444. The minimum atomic E-state index is -4.21. The number of hydrogen-bond acceptors (Lipinski definition) is 4. The van der Waals surface area contributed by atoms with Crippen LogP contribution in [0.2, 0.25) is 0 Å². The van der Waals surface area contributed by atoms with Gasteiger partial charge in [-0.15, -0.1) is 5.10 Å². The summed E-state index contributed by atoms with van der Waals surface area (Å²) < 4.78 is 53.4. The van der Waals surface area contributed by atoms with Crippen LogP contribution in [0.15, 0.2) is 23.3 Å². The number of alkyl halides is 3. The number of aromatic amines is 1. The van der Waals surface area contributed by atoms with Gasteiger partial charge in [0, 0.05) is 25.6 Å². The highest BCUT2D eigenvalue weighted by Crippen LogP contribution is 2.31. The first-order valence-electron chi connectivity index (χ1n) is 9.31. The molecule has 0 radical (unpaired) electrons. The quantitative estimate of drug-likeness (QED) is 0.652. The predicted octanol–water partition coefficient (Wildman–Crippen LogP) is 2.46. The average Bonchev–Trinajstić information content (AvgIpc) is 3.23. The van der Waals surface area contributed by atoms with E-state index in [4.69, 9.17) is 0 Å². The van der Waals surface area contributed by atoms with Crippen molar-refractivity contribution in [2.75, 3.05) is 13.1 Å². The zero-order valence-electron chi connectivity index (χ0n) is 15.9. The van der Waals surface area contributed by atoms with Crippen molar-refractivity contribution in [1.29, 1.82) is 0 Å². The number of piperidine rings is 1. The number of fused-ring (bicyclic) bond motifs is 1. The van der Waals surface area contributed by atoms with Crippen LogP contribution in [-0.4, -0.2) is 54.5 Å². The minimum Gasteiger partial charge on any atom is -0.339 e. The van der Waals surface area contributed by atoms with Crippen LogP contribution in [0.4, 0.5) is 17.6 Å². The van der Waals surface area contributed by atoms with Crippen molar-refractivity contribution in [3.63, 3.8) is 0 Å². The van der Waals surface area contributed by atoms with Gasteiger partial charge in [0.1, 0.15) is 11.3 Å². The first kappa shape index (κ1) is 20.1. The molecule has 4 heterocycles. The normalized spacial score (nSPS) is 15.8. The Labute approximate surface area is 167 Å². The van der Waals surface area contributed by atoms with Gasteiger partial charge in [-0.3, -0.25) is 14.6 Å². The lowest BCUT2D eigenvalue weighted by molar-refractivity contribution is -0.147. The number of rotatable bonds is 3. The minimum absolute atomic E-state index is 0.00327. The average molecular weight is 426 g/mol. The second kappa shape index (κ2) is 7.26. The van der Waals surface area contributed by atoms with Crippen molar-refractivity contribution in [1.82, 2.24) is 29.3 Å². The summed E-state index contributed by atoms with van der Waals surface area (Å²) in [6, 6.07) is 1.04. The first-order valence-corrected chi connectivity index (χ1v) is 9.31. The van der Waals surface area contributed by atoms with Crippen LogP contribution < -0.4 is 5.56 Å². The van der Waals surface area contributed by atoms with E-state index in [1.54, 1.807) is 6.92 Å². The Bertz CT molecular complexity index is 1150. The summed E-state index contributed by atoms with van der Waals surface area (Å²) in [7, 11) is 0. The fourth-order valence-electron chi connectivity index (χ4n) is 3.73. The van der Waals surface area contributed by atoms with E-state index in [1.807, 2.05) is 0 Å². The maximum Gasteiger partial charge on any atom is 0.389 e. The predicted molar refractivity (Wildman–Crippen MR) is 96.9 cm³/mol. The van der Waals surface area contributed by atoms with Gasteiger partial charge >= 0.3 is 6.18 Å². The molecule has 1 aliphatic rings. The van der Waals surface area contributed by atoms with Crippen LogP contribution in [0.1, 0.15) is 35.3 Å². The number of halogens is 4. The molecule has 3 aromatic rings. The number of amides is 1. The number of carbonyl (C=O) groups is 1. The molecule has 0 saturated carbocycles. The van der Waals surface area contributed by atoms with Crippen LogP contribution in [0.5, 0.6) is 0 Å². The molecule has 12 heteroatoms. The molecule has 1 N–H and O–H groups in total. The summed E-state index contributed by atoms with van der Waals surface area (Å²) in [5, 5.41) is 8.21. The van der Waals surface area contributed by atoms with Gasteiger partial charge in [-0.25, -0.2) is 13.6 Å². The van der Waals surface area contributed by atoms with E-state index >= 15 is 0 Å². The molecule has 0 unspecified atom stereocenters. The maximum atomic E-state index is 13.4. The highest BCUT2D eigenvalue weighted by molar-refractivity contribution is 5.95. The number of hydrogen-bond donors (Lipinski definition) is 1. The van der Waals surface area contributed by atoms with Gasteiger partial charge in [-0.05, 0) is 25.7 Å². The number of carbonyl (C=O) groups excluding carboxylic acids is 1. The summed E-state index contributed by atoms with van der Waals surface area (Å²) in [5.41, 5.74) is 0.107. The van der Waals surface area contributed by atoms with E-state index in [-0.39, 0.29) is 48.9 Å². The van der Waals surface area contributed by atoms with Crippen LogP contribution in [0.25, 0.3) is 11.5 Å². The second-order valence-corrected chi connectivity index (χ2v) is 7.38. The van der Waals surface area contributed by atoms with Gasteiger partial charge in [-0.1, -0.05) is 0 Å². The molecule has 8 nitrogen and oxygen atoms in total. The molecule has 1 fully saturated rings. The van der Waals surface area contributed by atoms with Gasteiger partial charge in [0.15, 0.2) is 0 Å². The lowest BCUT2D eigenvalue weighted by Gasteiger charge is -2.32. The summed E-state index contributed by atoms with van der Waals surface area (Å²) in [6.07, 6.45) is -2.12. The fourth-order valence-corrected chi connectivity index (χ4v) is 3.73. The number of aromatic nitrogens is 5. The third kappa shape index (κ3) is 3.81. The number of H-pyrrole nitrogens is 1. The summed E-state index contributed by atoms with van der Waals surface area (Å²) in [6.45, 7) is 2.07. The van der Waals surface area contributed by atoms with Gasteiger partial charge < -0.3 is 4.90 Å². The molecule has 0 spiro atoms. The Morgan fingerprint density at radius 1 is 1.30 bits per heavy atom. The highest BCUT2D eigenvalue weighted by atomic mass is 19.4. The molecule has 0 aromatic carbocycles. The second-order valence-electron chi connectivity index (χ2n) is 7.38. The Hall–Kier alpha value is -3.18. The zero-order valence-corrected chi connectivity index (χ0v) is 15.9. The number of nitrogens with one attached hydrogen (secondary N) is 1. The molecule has 0 atom stereocenters. The van der Waals surface area contributed by atoms with Crippen molar-refractivity contribution in [3.05, 3.63) is 45.9 Å². The Balaban J connectivity index is 1.54. The zero-order chi connectivity index (χ0) is 21.6. The van der Waals surface area contributed by atoms with Gasteiger partial charge in [-0.2, -0.15) is 18.3 Å². The van der Waals surface area contributed by atoms with E-state index in [2.05, 4.69) is 15.2 Å². The summed E-state index contributed by atoms with van der Waals surface area (Å²) in [5.74, 6) is -1.45. The Kier molecular flexibility index (Phi) is 4.86. The monoisotopic (exact) mass is 426 g/mol. The lowest BCUT2D eigenvalue weighted by Crippen LogP contribution is -2.39. The van der Waals surface area contributed by atoms with E-state index in [0.29, 0.717) is 5.69 Å². The molecule has 1 saturated heterocycles. The standard InChI is InChI=1S/C18H18F4N6O2/c1-10-13(16(30)26-4-2-11(3-5-26)7-18(20,21)22)8-23-28(10)17-24-15(29)14-6-12(19)9-27(14)25-17/h6,8-9,11H,2-5,7H2,1H3,(H,24,25,29). The Morgan fingerprint density at radius 3 is 2.67 bits per heavy atom. The SMILES string of the molecule is Cc1c(C(=O)N2CCC(CC(F)(F)F)CC2)cnn1-c1nn2cc(F)cc2c(=O)[nH]1. The summed E-state index contributed by atoms with van der Waals surface area (Å²) in [4.78, 5) is 29.0. The highest BCUT2D eigenvalue weighted by Gasteiger charge is 2.34. The van der Waals surface area contributed by atoms with Gasteiger partial charge in [0.05, 0.1) is 23.7 Å². The molecular formula is C18H18F4N6O2. The largest absolute Gasteiger partial charge is 0.389 e. The first-order chi connectivity index (χ1) is 14.1. The Morgan fingerprint density at radius 2 is 2.00 bits per heavy atom. The van der Waals surface area contributed by atoms with E-state index in [0.717, 1.165) is 16.8 Å². The van der Waals surface area contributed by atoms with Crippen molar-refractivity contribution in [3.8, 4) is 5.95 Å².